The minimum absolute atomic E-state index is 0.866. The summed E-state index contributed by atoms with van der Waals surface area (Å²) in [6, 6.07) is 8.44. The first kappa shape index (κ1) is 10.4. The highest BCUT2D eigenvalue weighted by Gasteiger charge is 2.15. The topological polar surface area (TPSA) is 42.7 Å². The Labute approximate surface area is 104 Å². The Hall–Kier alpha value is -1.75. The van der Waals surface area contributed by atoms with Gasteiger partial charge in [0.15, 0.2) is 0 Å². The van der Waals surface area contributed by atoms with Crippen LogP contribution in [0.25, 0.3) is 5.70 Å². The van der Waals surface area contributed by atoms with E-state index in [1.807, 2.05) is 11.6 Å². The average molecular weight is 244 g/mol. The molecule has 0 aliphatic carbocycles. The second kappa shape index (κ2) is 3.92. The number of hydrogen-bond donors (Lipinski definition) is 1. The van der Waals surface area contributed by atoms with Crippen LogP contribution in [0.15, 0.2) is 34.8 Å². The number of rotatable bonds is 1. The molecule has 3 rings (SSSR count). The fourth-order valence-electron chi connectivity index (χ4n) is 1.67. The molecule has 1 aromatic carbocycles. The maximum absolute atomic E-state index is 4.07. The maximum Gasteiger partial charge on any atom is 0.214 e. The number of aromatic nitrogens is 3. The van der Waals surface area contributed by atoms with Gasteiger partial charge in [0, 0.05) is 5.41 Å². The Morgan fingerprint density at radius 2 is 1.88 bits per heavy atom. The Balaban J connectivity index is 1.94. The quantitative estimate of drug-likeness (QED) is 0.837. The van der Waals surface area contributed by atoms with Crippen LogP contribution < -0.4 is 5.43 Å². The molecule has 5 heteroatoms. The third kappa shape index (κ3) is 1.82. The highest BCUT2D eigenvalue weighted by molar-refractivity contribution is 8.02. The van der Waals surface area contributed by atoms with Gasteiger partial charge in [-0.25, -0.2) is 4.68 Å². The van der Waals surface area contributed by atoms with Crippen molar-refractivity contribution in [3.63, 3.8) is 0 Å². The van der Waals surface area contributed by atoms with Crippen molar-refractivity contribution < 1.29 is 0 Å². The molecule has 0 fully saturated rings. The zero-order valence-electron chi connectivity index (χ0n) is 9.64. The summed E-state index contributed by atoms with van der Waals surface area (Å²) in [6.07, 6.45) is 0. The van der Waals surface area contributed by atoms with Crippen LogP contribution in [0.5, 0.6) is 0 Å². The molecular weight excluding hydrogens is 232 g/mol. The van der Waals surface area contributed by atoms with E-state index in [2.05, 4.69) is 52.2 Å². The second-order valence-corrected chi connectivity index (χ2v) is 4.83. The van der Waals surface area contributed by atoms with E-state index in [1.165, 1.54) is 11.1 Å². The van der Waals surface area contributed by atoms with Gasteiger partial charge in [-0.05, 0) is 19.4 Å². The molecule has 1 aliphatic rings. The Morgan fingerprint density at radius 3 is 2.65 bits per heavy atom. The molecule has 0 saturated carbocycles. The molecule has 0 spiro atoms. The summed E-state index contributed by atoms with van der Waals surface area (Å²) in [6.45, 7) is 4.02. The lowest BCUT2D eigenvalue weighted by molar-refractivity contribution is 0.800. The number of thioether (sulfide) groups is 1. The molecule has 0 amide bonds. The minimum Gasteiger partial charge on any atom is -0.290 e. The predicted octanol–water partition coefficient (Wildman–Crippen LogP) is 2.54. The van der Waals surface area contributed by atoms with Crippen molar-refractivity contribution in [1.29, 1.82) is 0 Å². The van der Waals surface area contributed by atoms with Crippen molar-refractivity contribution in [2.45, 2.75) is 19.0 Å². The third-order valence-corrected chi connectivity index (χ3v) is 3.50. The first-order chi connectivity index (χ1) is 8.24. The monoisotopic (exact) mass is 244 g/mol. The third-order valence-electron chi connectivity index (χ3n) is 2.67. The number of nitrogens with one attached hydrogen (secondary N) is 1. The molecule has 2 aromatic rings. The largest absolute Gasteiger partial charge is 0.290 e. The molecule has 17 heavy (non-hydrogen) atoms. The Bertz CT molecular complexity index is 583. The summed E-state index contributed by atoms with van der Waals surface area (Å²) in [4.78, 5) is 0. The standard InChI is InChI=1S/C12H12N4S/c1-8-3-5-10(6-4-8)11-7-17-12-14-13-9(2)16(12)15-11/h3-7,15H,1-2H3. The molecular formula is C12H12N4S. The van der Waals surface area contributed by atoms with Gasteiger partial charge in [0.1, 0.15) is 5.82 Å². The van der Waals surface area contributed by atoms with Gasteiger partial charge in [0.2, 0.25) is 5.16 Å². The highest BCUT2D eigenvalue weighted by atomic mass is 32.2. The van der Waals surface area contributed by atoms with Crippen LogP contribution in [0.2, 0.25) is 0 Å². The molecule has 0 unspecified atom stereocenters. The molecule has 86 valence electrons. The molecule has 0 saturated heterocycles. The summed E-state index contributed by atoms with van der Waals surface area (Å²) >= 11 is 1.58. The summed E-state index contributed by atoms with van der Waals surface area (Å²) in [5.74, 6) is 0.866. The maximum atomic E-state index is 4.07. The Morgan fingerprint density at radius 1 is 1.12 bits per heavy atom. The fraction of sp³-hybridized carbons (Fsp3) is 0.167. The number of fused-ring (bicyclic) bond motifs is 1. The van der Waals surface area contributed by atoms with Gasteiger partial charge in [-0.2, -0.15) is 0 Å². The summed E-state index contributed by atoms with van der Waals surface area (Å²) < 4.78 is 1.90. The van der Waals surface area contributed by atoms with Gasteiger partial charge in [-0.1, -0.05) is 41.6 Å². The van der Waals surface area contributed by atoms with E-state index >= 15 is 0 Å². The SMILES string of the molecule is Cc1ccc(C2=CSc3nnc(C)n3N2)cc1. The molecule has 1 aromatic heterocycles. The molecule has 0 atom stereocenters. The van der Waals surface area contributed by atoms with Crippen molar-refractivity contribution in [1.82, 2.24) is 14.9 Å². The van der Waals surface area contributed by atoms with Crippen LogP contribution in [-0.2, 0) is 0 Å². The molecule has 2 heterocycles. The number of aryl methyl sites for hydroxylation is 2. The van der Waals surface area contributed by atoms with Crippen LogP contribution in [0.3, 0.4) is 0 Å². The average Bonchev–Trinajstić information content (AvgIpc) is 2.72. The van der Waals surface area contributed by atoms with Gasteiger partial charge in [-0.3, -0.25) is 5.43 Å². The molecule has 0 bridgehead atoms. The Kier molecular flexibility index (Phi) is 2.40. The summed E-state index contributed by atoms with van der Waals surface area (Å²) in [5.41, 5.74) is 6.82. The van der Waals surface area contributed by atoms with Crippen molar-refractivity contribution in [3.8, 4) is 0 Å². The summed E-state index contributed by atoms with van der Waals surface area (Å²) in [5, 5.41) is 11.0. The van der Waals surface area contributed by atoms with E-state index in [9.17, 15) is 0 Å². The number of benzene rings is 1. The smallest absolute Gasteiger partial charge is 0.214 e. The first-order valence-electron chi connectivity index (χ1n) is 5.37. The number of nitrogens with zero attached hydrogens (tertiary/aromatic N) is 3. The van der Waals surface area contributed by atoms with Crippen molar-refractivity contribution >= 4 is 17.5 Å². The van der Waals surface area contributed by atoms with Gasteiger partial charge in [-0.15, -0.1) is 10.2 Å². The normalized spacial score (nSPS) is 13.9. The molecule has 4 nitrogen and oxygen atoms in total. The molecule has 1 aliphatic heterocycles. The van der Waals surface area contributed by atoms with Crippen LogP contribution in [0.1, 0.15) is 17.0 Å². The van der Waals surface area contributed by atoms with Crippen LogP contribution in [0.4, 0.5) is 0 Å². The van der Waals surface area contributed by atoms with Crippen molar-refractivity contribution in [2.75, 3.05) is 5.43 Å². The lowest BCUT2D eigenvalue weighted by Gasteiger charge is -2.18. The minimum atomic E-state index is 0.866. The fourth-order valence-corrected chi connectivity index (χ4v) is 2.46. The highest BCUT2D eigenvalue weighted by Crippen LogP contribution is 2.28. The van der Waals surface area contributed by atoms with Crippen molar-refractivity contribution in [2.24, 2.45) is 0 Å². The van der Waals surface area contributed by atoms with Crippen molar-refractivity contribution in [3.05, 3.63) is 46.6 Å². The predicted molar refractivity (Wildman–Crippen MR) is 69.1 cm³/mol. The van der Waals surface area contributed by atoms with Crippen LogP contribution in [0, 0.1) is 13.8 Å². The summed E-state index contributed by atoms with van der Waals surface area (Å²) in [7, 11) is 0. The van der Waals surface area contributed by atoms with Gasteiger partial charge in [0.05, 0.1) is 5.70 Å². The van der Waals surface area contributed by atoms with Crippen LogP contribution in [-0.4, -0.2) is 14.9 Å². The zero-order chi connectivity index (χ0) is 11.8. The van der Waals surface area contributed by atoms with E-state index in [4.69, 9.17) is 0 Å². The van der Waals surface area contributed by atoms with Crippen LogP contribution >= 0.6 is 11.8 Å². The number of hydrogen-bond acceptors (Lipinski definition) is 4. The lowest BCUT2D eigenvalue weighted by Crippen LogP contribution is -2.18. The van der Waals surface area contributed by atoms with E-state index < -0.39 is 0 Å². The van der Waals surface area contributed by atoms with E-state index in [-0.39, 0.29) is 0 Å². The lowest BCUT2D eigenvalue weighted by atomic mass is 10.1. The molecule has 1 N–H and O–H groups in total. The van der Waals surface area contributed by atoms with Gasteiger partial charge < -0.3 is 0 Å². The zero-order valence-corrected chi connectivity index (χ0v) is 10.5. The van der Waals surface area contributed by atoms with Gasteiger partial charge >= 0.3 is 0 Å². The second-order valence-electron chi connectivity index (χ2n) is 3.99. The van der Waals surface area contributed by atoms with Gasteiger partial charge in [0.25, 0.3) is 0 Å². The molecule has 0 radical (unpaired) electrons. The first-order valence-corrected chi connectivity index (χ1v) is 6.25. The van der Waals surface area contributed by atoms with E-state index in [0.717, 1.165) is 16.7 Å². The van der Waals surface area contributed by atoms with E-state index in [0.29, 0.717) is 0 Å². The van der Waals surface area contributed by atoms with E-state index in [1.54, 1.807) is 11.8 Å².